The molecule has 2 N–H and O–H groups in total. The number of nitrogens with zero attached hydrogens (tertiary/aromatic N) is 2. The summed E-state index contributed by atoms with van der Waals surface area (Å²) in [5, 5.41) is 10.4. The molecule has 32 heavy (non-hydrogen) atoms. The lowest BCUT2D eigenvalue weighted by Gasteiger charge is -2.29. The number of halogens is 3. The fourth-order valence-electron chi connectivity index (χ4n) is 2.88. The van der Waals surface area contributed by atoms with E-state index in [1.54, 1.807) is 36.3 Å². The van der Waals surface area contributed by atoms with Gasteiger partial charge in [-0.05, 0) is 30.7 Å². The van der Waals surface area contributed by atoms with Crippen LogP contribution in [0.4, 0.5) is 13.2 Å². The van der Waals surface area contributed by atoms with E-state index in [9.17, 15) is 22.8 Å². The molecule has 2 amide bonds. The predicted molar refractivity (Wildman–Crippen MR) is 112 cm³/mol. The Kier molecular flexibility index (Phi) is 11.5. The fraction of sp³-hybridized carbons (Fsp3) is 0.571. The highest BCUT2D eigenvalue weighted by molar-refractivity contribution is 5.94. The highest BCUT2D eigenvalue weighted by atomic mass is 19.4. The number of hydrogen-bond acceptors (Lipinski definition) is 5. The molecule has 0 unspecified atom stereocenters. The van der Waals surface area contributed by atoms with Gasteiger partial charge in [0.15, 0.2) is 0 Å². The van der Waals surface area contributed by atoms with Gasteiger partial charge in [-0.3, -0.25) is 9.59 Å². The first-order chi connectivity index (χ1) is 15.1. The summed E-state index contributed by atoms with van der Waals surface area (Å²) < 4.78 is 36.9. The molecule has 180 valence electrons. The third kappa shape index (κ3) is 9.54. The lowest BCUT2D eigenvalue weighted by molar-refractivity contribution is -0.192. The van der Waals surface area contributed by atoms with Crippen LogP contribution in [0.15, 0.2) is 24.3 Å². The summed E-state index contributed by atoms with van der Waals surface area (Å²) in [6, 6.07) is 7.13. The highest BCUT2D eigenvalue weighted by Crippen LogP contribution is 2.14. The van der Waals surface area contributed by atoms with Gasteiger partial charge in [0.1, 0.15) is 5.75 Å². The van der Waals surface area contributed by atoms with Crippen molar-refractivity contribution in [3.8, 4) is 5.75 Å². The van der Waals surface area contributed by atoms with E-state index < -0.39 is 12.1 Å². The number of rotatable bonds is 8. The largest absolute Gasteiger partial charge is 0.497 e. The third-order valence-electron chi connectivity index (χ3n) is 4.71. The lowest BCUT2D eigenvalue weighted by Crippen LogP contribution is -2.47. The highest BCUT2D eigenvalue weighted by Gasteiger charge is 2.38. The second-order valence-corrected chi connectivity index (χ2v) is 7.06. The molecule has 0 atom stereocenters. The number of piperazine rings is 1. The summed E-state index contributed by atoms with van der Waals surface area (Å²) in [5.41, 5.74) is 0.631. The fourth-order valence-corrected chi connectivity index (χ4v) is 2.88. The van der Waals surface area contributed by atoms with Gasteiger partial charge >= 0.3 is 12.1 Å². The molecule has 1 aromatic carbocycles. The van der Waals surface area contributed by atoms with Gasteiger partial charge in [-0.15, -0.1) is 0 Å². The maximum Gasteiger partial charge on any atom is 0.490 e. The van der Waals surface area contributed by atoms with Crippen LogP contribution in [0.3, 0.4) is 0 Å². The number of amides is 2. The summed E-state index contributed by atoms with van der Waals surface area (Å²) in [4.78, 5) is 37.7. The number of aliphatic carboxylic acids is 1. The zero-order valence-corrected chi connectivity index (χ0v) is 18.3. The van der Waals surface area contributed by atoms with Gasteiger partial charge in [-0.2, -0.15) is 13.2 Å². The lowest BCUT2D eigenvalue weighted by atomic mass is 10.1. The van der Waals surface area contributed by atoms with Crippen LogP contribution in [0.1, 0.15) is 36.5 Å². The number of hydrogen-bond donors (Lipinski definition) is 2. The molecule has 1 aromatic rings. The van der Waals surface area contributed by atoms with E-state index in [1.165, 1.54) is 0 Å². The van der Waals surface area contributed by atoms with Crippen molar-refractivity contribution in [2.45, 2.75) is 32.4 Å². The molecule has 1 aliphatic rings. The minimum absolute atomic E-state index is 0.0239. The Hall–Kier alpha value is -2.82. The Morgan fingerprint density at radius 1 is 1.12 bits per heavy atom. The normalized spacial score (nSPS) is 13.6. The van der Waals surface area contributed by atoms with Crippen LogP contribution in [0.25, 0.3) is 0 Å². The topological polar surface area (TPSA) is 99.2 Å². The van der Waals surface area contributed by atoms with Crippen molar-refractivity contribution in [3.63, 3.8) is 0 Å². The van der Waals surface area contributed by atoms with Gasteiger partial charge in [-0.1, -0.05) is 13.3 Å². The Bertz CT molecular complexity index is 735. The van der Waals surface area contributed by atoms with Crippen LogP contribution in [-0.2, 0) is 9.59 Å². The second kappa shape index (κ2) is 13.6. The second-order valence-electron chi connectivity index (χ2n) is 7.06. The van der Waals surface area contributed by atoms with Gasteiger partial charge < -0.3 is 25.0 Å². The van der Waals surface area contributed by atoms with Crippen LogP contribution in [0.2, 0.25) is 0 Å². The van der Waals surface area contributed by atoms with E-state index in [2.05, 4.69) is 12.2 Å². The maximum absolute atomic E-state index is 12.8. The van der Waals surface area contributed by atoms with Crippen LogP contribution < -0.4 is 10.1 Å². The molecule has 8 nitrogen and oxygen atoms in total. The van der Waals surface area contributed by atoms with E-state index in [1.807, 2.05) is 4.90 Å². The number of nitrogens with one attached hydrogen (secondary N) is 1. The quantitative estimate of drug-likeness (QED) is 0.617. The number of unbranched alkanes of at least 4 members (excludes halogenated alkanes) is 1. The zero-order chi connectivity index (χ0) is 24.1. The molecule has 2 rings (SSSR count). The van der Waals surface area contributed by atoms with Crippen LogP contribution in [0, 0.1) is 0 Å². The van der Waals surface area contributed by atoms with E-state index in [4.69, 9.17) is 14.6 Å². The van der Waals surface area contributed by atoms with E-state index in [-0.39, 0.29) is 11.8 Å². The monoisotopic (exact) mass is 461 g/mol. The first kappa shape index (κ1) is 27.2. The Balaban J connectivity index is 0.000000633. The Morgan fingerprint density at radius 2 is 1.69 bits per heavy atom. The molecule has 1 heterocycles. The maximum atomic E-state index is 12.8. The third-order valence-corrected chi connectivity index (χ3v) is 4.71. The molecular weight excluding hydrogens is 431 g/mol. The number of carbonyl (C=O) groups is 3. The predicted octanol–water partition coefficient (Wildman–Crippen LogP) is 2.39. The van der Waals surface area contributed by atoms with Crippen molar-refractivity contribution in [1.29, 1.82) is 0 Å². The first-order valence-electron chi connectivity index (χ1n) is 10.3. The van der Waals surface area contributed by atoms with Crippen molar-refractivity contribution in [2.24, 2.45) is 0 Å². The summed E-state index contributed by atoms with van der Waals surface area (Å²) in [6.45, 7) is 6.43. The van der Waals surface area contributed by atoms with Gasteiger partial charge in [0, 0.05) is 51.3 Å². The standard InChI is InChI=1S/C19H29N3O3.C2HF3O2/c1-3-4-12-22(13-9-18(23)21-14-10-20-11-15-21)19(24)16-5-7-17(25-2)8-6-16;3-2(4,5)1(6)7/h5-8,20H,3-4,9-15H2,1-2H3;(H,6,7). The molecular formula is C21H30F3N3O5. The molecule has 0 saturated carbocycles. The number of carboxylic acids is 1. The van der Waals surface area contributed by atoms with Crippen molar-refractivity contribution in [3.05, 3.63) is 29.8 Å². The first-order valence-corrected chi connectivity index (χ1v) is 10.3. The van der Waals surface area contributed by atoms with Crippen molar-refractivity contribution in [1.82, 2.24) is 15.1 Å². The molecule has 11 heteroatoms. The Morgan fingerprint density at radius 3 is 2.16 bits per heavy atom. The molecule has 1 saturated heterocycles. The minimum Gasteiger partial charge on any atom is -0.497 e. The Labute approximate surface area is 185 Å². The molecule has 0 radical (unpaired) electrons. The zero-order valence-electron chi connectivity index (χ0n) is 18.3. The van der Waals surface area contributed by atoms with Crippen molar-refractivity contribution >= 4 is 17.8 Å². The van der Waals surface area contributed by atoms with Crippen LogP contribution in [-0.4, -0.2) is 85.2 Å². The number of ether oxygens (including phenoxy) is 1. The van der Waals surface area contributed by atoms with Gasteiger partial charge in [0.05, 0.1) is 7.11 Å². The molecule has 1 fully saturated rings. The van der Waals surface area contributed by atoms with Gasteiger partial charge in [0.25, 0.3) is 5.91 Å². The summed E-state index contributed by atoms with van der Waals surface area (Å²) in [5.74, 6) is -1.92. The van der Waals surface area contributed by atoms with Gasteiger partial charge in [0.2, 0.25) is 5.91 Å². The molecule has 0 aliphatic carbocycles. The number of benzene rings is 1. The van der Waals surface area contributed by atoms with E-state index >= 15 is 0 Å². The van der Waals surface area contributed by atoms with Gasteiger partial charge in [-0.25, -0.2) is 4.79 Å². The molecule has 0 bridgehead atoms. The van der Waals surface area contributed by atoms with E-state index in [0.717, 1.165) is 44.8 Å². The number of carboxylic acid groups (broad SMARTS) is 1. The average molecular weight is 461 g/mol. The van der Waals surface area contributed by atoms with Crippen molar-refractivity contribution in [2.75, 3.05) is 46.4 Å². The summed E-state index contributed by atoms with van der Waals surface area (Å²) in [7, 11) is 1.60. The van der Waals surface area contributed by atoms with Crippen LogP contribution in [0.5, 0.6) is 5.75 Å². The van der Waals surface area contributed by atoms with Crippen LogP contribution >= 0.6 is 0 Å². The number of methoxy groups -OCH3 is 1. The molecule has 0 spiro atoms. The summed E-state index contributed by atoms with van der Waals surface area (Å²) in [6.07, 6.45) is -2.76. The minimum atomic E-state index is -5.08. The smallest absolute Gasteiger partial charge is 0.490 e. The SMILES string of the molecule is CCCCN(CCC(=O)N1CCNCC1)C(=O)c1ccc(OC)cc1.O=C(O)C(F)(F)F. The number of alkyl halides is 3. The number of carbonyl (C=O) groups excluding carboxylic acids is 2. The molecule has 1 aliphatic heterocycles. The molecule has 0 aromatic heterocycles. The summed E-state index contributed by atoms with van der Waals surface area (Å²) >= 11 is 0. The van der Waals surface area contributed by atoms with E-state index in [0.29, 0.717) is 25.1 Å². The van der Waals surface area contributed by atoms with Crippen molar-refractivity contribution < 1.29 is 37.4 Å². The average Bonchev–Trinajstić information content (AvgIpc) is 2.79.